The fourth-order valence-electron chi connectivity index (χ4n) is 5.04. The van der Waals surface area contributed by atoms with Gasteiger partial charge in [0.05, 0.1) is 12.2 Å². The normalized spacial score (nSPS) is 22.1. The van der Waals surface area contributed by atoms with Crippen LogP contribution in [0.4, 0.5) is 0 Å². The van der Waals surface area contributed by atoms with Crippen molar-refractivity contribution in [3.8, 4) is 0 Å². The molecule has 0 amide bonds. The zero-order valence-electron chi connectivity index (χ0n) is 22.2. The first-order valence-corrected chi connectivity index (χ1v) is 13.5. The maximum atomic E-state index is 13.5. The molecule has 1 fully saturated rings. The zero-order chi connectivity index (χ0) is 25.6. The Labute approximate surface area is 211 Å². The van der Waals surface area contributed by atoms with Gasteiger partial charge in [-0.15, -0.1) is 0 Å². The van der Waals surface area contributed by atoms with Gasteiger partial charge in [0.15, 0.2) is 5.12 Å². The lowest BCUT2D eigenvalue weighted by molar-refractivity contribution is -0.129. The largest absolute Gasteiger partial charge is 0.371 e. The van der Waals surface area contributed by atoms with Crippen molar-refractivity contribution in [2.45, 2.75) is 110 Å². The summed E-state index contributed by atoms with van der Waals surface area (Å²) in [7, 11) is 0. The highest BCUT2D eigenvalue weighted by Crippen LogP contribution is 2.50. The molecule has 0 unspecified atom stereocenters. The summed E-state index contributed by atoms with van der Waals surface area (Å²) in [5.41, 5.74) is 0.254. The van der Waals surface area contributed by atoms with E-state index in [1.165, 1.54) is 11.8 Å². The topological polar surface area (TPSA) is 60.4 Å². The molecule has 0 N–H and O–H groups in total. The maximum absolute atomic E-state index is 13.5. The van der Waals surface area contributed by atoms with Gasteiger partial charge in [-0.3, -0.25) is 9.59 Å². The quantitative estimate of drug-likeness (QED) is 0.312. The Morgan fingerprint density at radius 1 is 1.15 bits per heavy atom. The Morgan fingerprint density at radius 2 is 1.79 bits per heavy atom. The maximum Gasteiger partial charge on any atom is 0.192 e. The van der Waals surface area contributed by atoms with Gasteiger partial charge in [0.25, 0.3) is 0 Å². The minimum absolute atomic E-state index is 0.00458. The lowest BCUT2D eigenvalue weighted by Crippen LogP contribution is -2.37. The summed E-state index contributed by atoms with van der Waals surface area (Å²) in [5, 5.41) is 0.185. The number of ether oxygens (including phenoxy) is 1. The van der Waals surface area contributed by atoms with Crippen molar-refractivity contribution < 1.29 is 19.1 Å². The van der Waals surface area contributed by atoms with Crippen molar-refractivity contribution in [2.75, 3.05) is 0 Å². The molecule has 0 aliphatic heterocycles. The van der Waals surface area contributed by atoms with Crippen LogP contribution in [0.25, 0.3) is 0 Å². The number of hydrogen-bond acceptors (Lipinski definition) is 5. The van der Waals surface area contributed by atoms with Crippen LogP contribution in [-0.2, 0) is 25.7 Å². The van der Waals surface area contributed by atoms with Crippen LogP contribution in [-0.4, -0.2) is 27.0 Å². The Bertz CT molecular complexity index is 839. The molecule has 0 bridgehead atoms. The number of benzene rings is 1. The SMILES string of the molecule is CC(=O)CC[C@@]1(C)C(=O)CC[C@H]1[C@@H](CCCC(C)(C)OCc1ccccc1)C(=O)SC(C)(C)C. The molecule has 1 aromatic carbocycles. The van der Waals surface area contributed by atoms with Gasteiger partial charge in [0, 0.05) is 28.9 Å². The zero-order valence-corrected chi connectivity index (χ0v) is 23.1. The lowest BCUT2D eigenvalue weighted by Gasteiger charge is -2.36. The summed E-state index contributed by atoms with van der Waals surface area (Å²) < 4.78 is 6.03. The van der Waals surface area contributed by atoms with E-state index < -0.39 is 5.41 Å². The van der Waals surface area contributed by atoms with E-state index in [-0.39, 0.29) is 38.9 Å². The molecule has 34 heavy (non-hydrogen) atoms. The summed E-state index contributed by atoms with van der Waals surface area (Å²) in [6.07, 6.45) is 4.63. The molecule has 0 radical (unpaired) electrons. The highest BCUT2D eigenvalue weighted by atomic mass is 32.2. The second kappa shape index (κ2) is 12.0. The molecule has 0 aromatic heterocycles. The number of ketones is 2. The molecule has 0 saturated heterocycles. The van der Waals surface area contributed by atoms with Gasteiger partial charge in [-0.05, 0) is 64.4 Å². The van der Waals surface area contributed by atoms with Gasteiger partial charge in [-0.1, -0.05) is 69.8 Å². The first-order valence-electron chi connectivity index (χ1n) is 12.7. The van der Waals surface area contributed by atoms with Gasteiger partial charge in [0.1, 0.15) is 11.6 Å². The van der Waals surface area contributed by atoms with E-state index in [0.717, 1.165) is 31.2 Å². The average Bonchev–Trinajstić information content (AvgIpc) is 3.02. The number of carbonyl (C=O) groups is 3. The molecule has 3 atom stereocenters. The summed E-state index contributed by atoms with van der Waals surface area (Å²) in [6.45, 7) is 14.5. The number of carbonyl (C=O) groups excluding carboxylic acids is 3. The fourth-order valence-corrected chi connectivity index (χ4v) is 6.07. The third-order valence-corrected chi connectivity index (χ3v) is 8.21. The van der Waals surface area contributed by atoms with Crippen molar-refractivity contribution in [1.82, 2.24) is 0 Å². The van der Waals surface area contributed by atoms with E-state index in [1.807, 2.05) is 25.1 Å². The Kier molecular flexibility index (Phi) is 10.1. The number of Topliss-reactive ketones (excluding diaryl/α,β-unsaturated/α-hetero) is 2. The van der Waals surface area contributed by atoms with Crippen molar-refractivity contribution >= 4 is 28.4 Å². The summed E-state index contributed by atoms with van der Waals surface area (Å²) in [4.78, 5) is 38.1. The van der Waals surface area contributed by atoms with Crippen molar-refractivity contribution in [1.29, 1.82) is 0 Å². The van der Waals surface area contributed by atoms with E-state index in [0.29, 0.717) is 25.9 Å². The van der Waals surface area contributed by atoms with Crippen LogP contribution in [0.3, 0.4) is 0 Å². The Balaban J connectivity index is 2.10. The van der Waals surface area contributed by atoms with Crippen molar-refractivity contribution in [2.24, 2.45) is 17.3 Å². The highest BCUT2D eigenvalue weighted by molar-refractivity contribution is 8.14. The molecule has 0 spiro atoms. The van der Waals surface area contributed by atoms with Crippen LogP contribution >= 0.6 is 11.8 Å². The molecule has 2 rings (SSSR count). The standard InChI is InChI=1S/C29H44O4S/c1-21(30)17-19-29(7)24(15-16-25(29)31)23(26(32)34-27(2,3)4)14-11-18-28(5,6)33-20-22-12-9-8-10-13-22/h8-10,12-13,23-24H,11,14-20H2,1-7H3/t23-,24+,29-/m1/s1. The van der Waals surface area contributed by atoms with Gasteiger partial charge in [-0.25, -0.2) is 0 Å². The monoisotopic (exact) mass is 488 g/mol. The molecule has 1 aliphatic carbocycles. The second-order valence-corrected chi connectivity index (χ2v) is 13.6. The molecule has 0 heterocycles. The predicted octanol–water partition coefficient (Wildman–Crippen LogP) is 7.18. The molecule has 4 nitrogen and oxygen atoms in total. The molecule has 1 saturated carbocycles. The number of hydrogen-bond donors (Lipinski definition) is 0. The van der Waals surface area contributed by atoms with Gasteiger partial charge >= 0.3 is 0 Å². The molecule has 1 aromatic rings. The van der Waals surface area contributed by atoms with Crippen molar-refractivity contribution in [3.63, 3.8) is 0 Å². The van der Waals surface area contributed by atoms with Crippen LogP contribution < -0.4 is 0 Å². The van der Waals surface area contributed by atoms with Gasteiger partial charge < -0.3 is 9.53 Å². The number of rotatable bonds is 12. The van der Waals surface area contributed by atoms with E-state index in [1.54, 1.807) is 6.92 Å². The van der Waals surface area contributed by atoms with E-state index in [4.69, 9.17) is 4.74 Å². The van der Waals surface area contributed by atoms with E-state index in [2.05, 4.69) is 46.8 Å². The Hall–Kier alpha value is -1.46. The summed E-state index contributed by atoms with van der Waals surface area (Å²) >= 11 is 1.40. The summed E-state index contributed by atoms with van der Waals surface area (Å²) in [6, 6.07) is 10.2. The second-order valence-electron chi connectivity index (χ2n) is 11.8. The van der Waals surface area contributed by atoms with Crippen LogP contribution in [0.5, 0.6) is 0 Å². The molecular weight excluding hydrogens is 444 g/mol. The summed E-state index contributed by atoms with van der Waals surface area (Å²) in [5.74, 6) is 0.125. The molecular formula is C29H44O4S. The third kappa shape index (κ3) is 8.64. The smallest absolute Gasteiger partial charge is 0.192 e. The minimum atomic E-state index is -0.593. The molecule has 190 valence electrons. The van der Waals surface area contributed by atoms with Crippen LogP contribution in [0.2, 0.25) is 0 Å². The minimum Gasteiger partial charge on any atom is -0.371 e. The first kappa shape index (κ1) is 28.8. The van der Waals surface area contributed by atoms with Gasteiger partial charge in [-0.2, -0.15) is 0 Å². The number of thioether (sulfide) groups is 1. The fraction of sp³-hybridized carbons (Fsp3) is 0.690. The predicted molar refractivity (Wildman–Crippen MR) is 141 cm³/mol. The van der Waals surface area contributed by atoms with Crippen molar-refractivity contribution in [3.05, 3.63) is 35.9 Å². The lowest BCUT2D eigenvalue weighted by atomic mass is 9.68. The third-order valence-electron chi connectivity index (χ3n) is 7.10. The van der Waals surface area contributed by atoms with Gasteiger partial charge in [0.2, 0.25) is 0 Å². The highest BCUT2D eigenvalue weighted by Gasteiger charge is 2.50. The molecule has 5 heteroatoms. The Morgan fingerprint density at radius 3 is 2.38 bits per heavy atom. The molecule has 1 aliphatic rings. The average molecular weight is 489 g/mol. The van der Waals surface area contributed by atoms with E-state index >= 15 is 0 Å². The van der Waals surface area contributed by atoms with Crippen LogP contribution in [0.1, 0.15) is 99.0 Å². The first-order chi connectivity index (χ1) is 15.7. The van der Waals surface area contributed by atoms with E-state index in [9.17, 15) is 14.4 Å². The van der Waals surface area contributed by atoms with Crippen LogP contribution in [0, 0.1) is 17.3 Å². The van der Waals surface area contributed by atoms with Crippen LogP contribution in [0.15, 0.2) is 30.3 Å².